The number of aryl methyl sites for hydroxylation is 1. The van der Waals surface area contributed by atoms with Gasteiger partial charge in [-0.05, 0) is 54.4 Å². The van der Waals surface area contributed by atoms with E-state index in [1.54, 1.807) is 18.2 Å². The van der Waals surface area contributed by atoms with Gasteiger partial charge in [-0.25, -0.2) is 0 Å². The van der Waals surface area contributed by atoms with Gasteiger partial charge in [-0.15, -0.1) is 0 Å². The third kappa shape index (κ3) is 3.75. The van der Waals surface area contributed by atoms with Gasteiger partial charge in [0.05, 0.1) is 31.7 Å². The first kappa shape index (κ1) is 26.8. The van der Waals surface area contributed by atoms with Gasteiger partial charge < -0.3 is 19.7 Å². The summed E-state index contributed by atoms with van der Waals surface area (Å²) >= 11 is 0. The first-order chi connectivity index (χ1) is 19.5. The van der Waals surface area contributed by atoms with Crippen LogP contribution in [0, 0.1) is 18.3 Å². The van der Waals surface area contributed by atoms with Gasteiger partial charge in [0, 0.05) is 16.8 Å². The van der Waals surface area contributed by atoms with Crippen molar-refractivity contribution in [1.29, 1.82) is 0 Å². The van der Waals surface area contributed by atoms with E-state index in [1.165, 1.54) is 14.2 Å². The van der Waals surface area contributed by atoms with Gasteiger partial charge in [0.25, 0.3) is 0 Å². The first-order valence-corrected chi connectivity index (χ1v) is 13.8. The number of ketones is 2. The van der Waals surface area contributed by atoms with E-state index in [4.69, 9.17) is 9.47 Å². The van der Waals surface area contributed by atoms with Gasteiger partial charge in [-0.2, -0.15) is 0 Å². The molecule has 0 unspecified atom stereocenters. The molecule has 0 radical (unpaired) electrons. The number of nitrogens with one attached hydrogen (secondary N) is 1. The average molecular weight is 551 g/mol. The van der Waals surface area contributed by atoms with Crippen LogP contribution in [0.4, 0.5) is 11.4 Å². The molecule has 3 heterocycles. The number of anilines is 2. The van der Waals surface area contributed by atoms with Crippen molar-refractivity contribution in [2.24, 2.45) is 11.3 Å². The Hall–Kier alpha value is -4.39. The van der Waals surface area contributed by atoms with Gasteiger partial charge in [0.2, 0.25) is 5.91 Å². The summed E-state index contributed by atoms with van der Waals surface area (Å²) in [5.41, 5.74) is 2.33. The quantitative estimate of drug-likeness (QED) is 0.417. The SMILES string of the molecule is COc1ccc(OC)c(C(=O)[C@H]2[C@@H](C(=O)C(C)(C)C)N3c4ccc(C)cc4C=C[C@H]3[C@@]23C(=O)Nc2ccccc23)c1. The van der Waals surface area contributed by atoms with Gasteiger partial charge in [-0.3, -0.25) is 14.4 Å². The molecule has 1 spiro atoms. The number of nitrogens with zero attached hydrogens (tertiary/aromatic N) is 1. The molecule has 7 heteroatoms. The summed E-state index contributed by atoms with van der Waals surface area (Å²) in [6, 6.07) is 17.1. The fourth-order valence-electron chi connectivity index (χ4n) is 6.92. The van der Waals surface area contributed by atoms with E-state index >= 15 is 4.79 Å². The lowest BCUT2D eigenvalue weighted by atomic mass is 9.63. The number of rotatable bonds is 5. The molecule has 7 nitrogen and oxygen atoms in total. The van der Waals surface area contributed by atoms with Crippen LogP contribution in [0.15, 0.2) is 66.7 Å². The fourth-order valence-corrected chi connectivity index (χ4v) is 6.92. The molecule has 3 aliphatic heterocycles. The Labute approximate surface area is 240 Å². The Morgan fingerprint density at radius 3 is 2.44 bits per heavy atom. The predicted octanol–water partition coefficient (Wildman–Crippen LogP) is 5.60. The minimum Gasteiger partial charge on any atom is -0.497 e. The summed E-state index contributed by atoms with van der Waals surface area (Å²) in [5, 5.41) is 3.06. The van der Waals surface area contributed by atoms with E-state index in [0.29, 0.717) is 22.7 Å². The third-order valence-electron chi connectivity index (χ3n) is 8.75. The summed E-state index contributed by atoms with van der Waals surface area (Å²) in [4.78, 5) is 46.1. The molecule has 0 aromatic heterocycles. The Bertz CT molecular complexity index is 1630. The molecule has 3 aromatic carbocycles. The number of ether oxygens (including phenoxy) is 2. The number of Topliss-reactive ketones (excluding diaryl/α,β-unsaturated/α-hetero) is 2. The van der Waals surface area contributed by atoms with Crippen LogP contribution in [-0.2, 0) is 15.0 Å². The second-order valence-electron chi connectivity index (χ2n) is 12.1. The number of carbonyl (C=O) groups is 3. The first-order valence-electron chi connectivity index (χ1n) is 13.8. The zero-order chi connectivity index (χ0) is 29.3. The molecule has 0 saturated carbocycles. The summed E-state index contributed by atoms with van der Waals surface area (Å²) in [5.74, 6) is -0.963. The smallest absolute Gasteiger partial charge is 0.238 e. The molecule has 4 atom stereocenters. The predicted molar refractivity (Wildman–Crippen MR) is 159 cm³/mol. The molecule has 1 N–H and O–H groups in total. The van der Waals surface area contributed by atoms with Crippen molar-refractivity contribution in [2.45, 2.75) is 45.2 Å². The maximum absolute atomic E-state index is 15.0. The number of hydrogen-bond donors (Lipinski definition) is 1. The van der Waals surface area contributed by atoms with Crippen LogP contribution < -0.4 is 19.7 Å². The van der Waals surface area contributed by atoms with Crippen LogP contribution in [0.2, 0.25) is 0 Å². The highest BCUT2D eigenvalue weighted by Crippen LogP contribution is 2.58. The topological polar surface area (TPSA) is 84.9 Å². The number of benzene rings is 3. The van der Waals surface area contributed by atoms with E-state index in [0.717, 1.165) is 16.8 Å². The molecular weight excluding hydrogens is 516 g/mol. The molecule has 1 saturated heterocycles. The van der Waals surface area contributed by atoms with Crippen molar-refractivity contribution in [3.8, 4) is 11.5 Å². The van der Waals surface area contributed by atoms with E-state index in [9.17, 15) is 9.59 Å². The van der Waals surface area contributed by atoms with Gasteiger partial charge in [0.15, 0.2) is 11.6 Å². The lowest BCUT2D eigenvalue weighted by Gasteiger charge is -2.38. The van der Waals surface area contributed by atoms with Crippen molar-refractivity contribution < 1.29 is 23.9 Å². The Morgan fingerprint density at radius 2 is 1.73 bits per heavy atom. The normalized spacial score (nSPS) is 24.0. The highest BCUT2D eigenvalue weighted by Gasteiger charge is 2.71. The van der Waals surface area contributed by atoms with Crippen molar-refractivity contribution in [2.75, 3.05) is 24.4 Å². The van der Waals surface area contributed by atoms with Crippen LogP contribution in [0.3, 0.4) is 0 Å². The number of carbonyl (C=O) groups excluding carboxylic acids is 3. The second-order valence-corrected chi connectivity index (χ2v) is 12.1. The molecular formula is C34H34N2O5. The molecule has 1 fully saturated rings. The molecule has 0 aliphatic carbocycles. The Morgan fingerprint density at radius 1 is 0.976 bits per heavy atom. The largest absolute Gasteiger partial charge is 0.497 e. The molecule has 3 aliphatic rings. The van der Waals surface area contributed by atoms with E-state index in [2.05, 4.69) is 11.4 Å². The van der Waals surface area contributed by atoms with Crippen LogP contribution >= 0.6 is 0 Å². The van der Waals surface area contributed by atoms with Crippen molar-refractivity contribution >= 4 is 34.9 Å². The van der Waals surface area contributed by atoms with Gasteiger partial charge in [-0.1, -0.05) is 62.8 Å². The van der Waals surface area contributed by atoms with Crippen LogP contribution in [-0.4, -0.2) is 43.8 Å². The van der Waals surface area contributed by atoms with Crippen molar-refractivity contribution in [3.63, 3.8) is 0 Å². The summed E-state index contributed by atoms with van der Waals surface area (Å²) in [7, 11) is 3.03. The maximum Gasteiger partial charge on any atom is 0.238 e. The summed E-state index contributed by atoms with van der Waals surface area (Å²) in [6.07, 6.45) is 4.00. The zero-order valence-electron chi connectivity index (χ0n) is 24.1. The van der Waals surface area contributed by atoms with Crippen LogP contribution in [0.25, 0.3) is 6.08 Å². The second kappa shape index (κ2) is 9.33. The number of amides is 1. The lowest BCUT2D eigenvalue weighted by molar-refractivity contribution is -0.128. The van der Waals surface area contributed by atoms with Gasteiger partial charge in [0.1, 0.15) is 23.0 Å². The van der Waals surface area contributed by atoms with Gasteiger partial charge >= 0.3 is 0 Å². The Balaban J connectivity index is 1.70. The minimum atomic E-state index is -1.37. The van der Waals surface area contributed by atoms with Crippen LogP contribution in [0.1, 0.15) is 47.8 Å². The number of hydrogen-bond acceptors (Lipinski definition) is 6. The lowest BCUT2D eigenvalue weighted by Crippen LogP contribution is -2.51. The average Bonchev–Trinajstić information content (AvgIpc) is 3.43. The summed E-state index contributed by atoms with van der Waals surface area (Å²) in [6.45, 7) is 7.61. The molecule has 210 valence electrons. The number of para-hydroxylation sites is 1. The van der Waals surface area contributed by atoms with Crippen molar-refractivity contribution in [1.82, 2.24) is 0 Å². The monoisotopic (exact) mass is 550 g/mol. The molecule has 0 bridgehead atoms. The maximum atomic E-state index is 15.0. The molecule has 41 heavy (non-hydrogen) atoms. The van der Waals surface area contributed by atoms with E-state index in [1.807, 2.05) is 81.1 Å². The minimum absolute atomic E-state index is 0.112. The van der Waals surface area contributed by atoms with Crippen LogP contribution in [0.5, 0.6) is 11.5 Å². The highest BCUT2D eigenvalue weighted by atomic mass is 16.5. The van der Waals surface area contributed by atoms with E-state index in [-0.39, 0.29) is 23.0 Å². The van der Waals surface area contributed by atoms with Crippen molar-refractivity contribution in [3.05, 3.63) is 89.0 Å². The molecule has 1 amide bonds. The molecule has 6 rings (SSSR count). The third-order valence-corrected chi connectivity index (χ3v) is 8.75. The fraction of sp³-hybridized carbons (Fsp3) is 0.324. The molecule has 3 aromatic rings. The highest BCUT2D eigenvalue weighted by molar-refractivity contribution is 6.17. The summed E-state index contributed by atoms with van der Waals surface area (Å²) < 4.78 is 11.1. The Kier molecular flexibility index (Phi) is 6.10. The number of fused-ring (bicyclic) bond motifs is 6. The van der Waals surface area contributed by atoms with E-state index < -0.39 is 28.8 Å². The number of methoxy groups -OCH3 is 2. The zero-order valence-corrected chi connectivity index (χ0v) is 24.1. The standard InChI is InChI=1S/C34H34N2O5/c1-19-11-14-25-20(17-19)12-16-27-34(23-9-7-8-10-24(23)35-32(34)39)28(29(36(25)27)31(38)33(2,3)4)30(37)22-18-21(40-5)13-15-26(22)41-6/h7-18,27-29H,1-6H3,(H,35,39)/t27-,28+,29-,34+/m0/s1.